The van der Waals surface area contributed by atoms with Crippen molar-refractivity contribution in [3.05, 3.63) is 35.3 Å². The molecule has 2 heterocycles. The van der Waals surface area contributed by atoms with E-state index in [-0.39, 0.29) is 5.97 Å². The van der Waals surface area contributed by atoms with Crippen LogP contribution in [0.3, 0.4) is 0 Å². The van der Waals surface area contributed by atoms with Crippen molar-refractivity contribution in [1.82, 2.24) is 4.90 Å². The van der Waals surface area contributed by atoms with Crippen LogP contribution in [0.4, 0.5) is 0 Å². The fourth-order valence-corrected chi connectivity index (χ4v) is 2.72. The molecule has 3 heteroatoms. The van der Waals surface area contributed by atoms with Gasteiger partial charge in [0.05, 0.1) is 12.1 Å². The summed E-state index contributed by atoms with van der Waals surface area (Å²) in [6.45, 7) is 4.28. The molecule has 0 aromatic heterocycles. The molecule has 1 saturated heterocycles. The maximum absolute atomic E-state index is 11.4. The van der Waals surface area contributed by atoms with E-state index in [9.17, 15) is 4.79 Å². The van der Waals surface area contributed by atoms with Crippen molar-refractivity contribution in [3.63, 3.8) is 0 Å². The molecular formula is C14H17NO2. The average Bonchev–Trinajstić information content (AvgIpc) is 2.83. The van der Waals surface area contributed by atoms with Crippen LogP contribution in [0.5, 0.6) is 0 Å². The number of carbonyl (C=O) groups excluding carboxylic acids is 1. The van der Waals surface area contributed by atoms with Gasteiger partial charge in [-0.25, -0.2) is 0 Å². The Kier molecular flexibility index (Phi) is 2.54. The van der Waals surface area contributed by atoms with Crippen LogP contribution in [0.2, 0.25) is 0 Å². The number of hydrogen-bond acceptors (Lipinski definition) is 3. The lowest BCUT2D eigenvalue weighted by Crippen LogP contribution is -2.26. The number of hydrogen-bond donors (Lipinski definition) is 0. The number of likely N-dealkylation sites (tertiary alicyclic amines) is 1. The van der Waals surface area contributed by atoms with Crippen molar-refractivity contribution in [2.45, 2.75) is 26.2 Å². The first-order valence-corrected chi connectivity index (χ1v) is 6.34. The molecule has 0 aromatic rings. The highest BCUT2D eigenvalue weighted by Crippen LogP contribution is 2.35. The standard InChI is InChI=1S/C14H17NO2/c1-10-4-6-12(15-8-2-3-9-15)14-11(10)5-7-13(16)17-14/h4-6,10H,2-3,7-9H2,1H3. The van der Waals surface area contributed by atoms with Gasteiger partial charge in [-0.2, -0.15) is 0 Å². The van der Waals surface area contributed by atoms with E-state index in [4.69, 9.17) is 4.74 Å². The minimum absolute atomic E-state index is 0.136. The highest BCUT2D eigenvalue weighted by Gasteiger charge is 2.29. The van der Waals surface area contributed by atoms with E-state index in [0.717, 1.165) is 24.5 Å². The zero-order chi connectivity index (χ0) is 11.8. The number of esters is 1. The quantitative estimate of drug-likeness (QED) is 0.649. The Labute approximate surface area is 101 Å². The summed E-state index contributed by atoms with van der Waals surface area (Å²) in [7, 11) is 0. The zero-order valence-electron chi connectivity index (χ0n) is 10.1. The summed E-state index contributed by atoms with van der Waals surface area (Å²) in [5.41, 5.74) is 2.27. The van der Waals surface area contributed by atoms with Gasteiger partial charge in [-0.15, -0.1) is 0 Å². The maximum Gasteiger partial charge on any atom is 0.315 e. The summed E-state index contributed by atoms with van der Waals surface area (Å²) in [6.07, 6.45) is 9.19. The highest BCUT2D eigenvalue weighted by molar-refractivity contribution is 5.76. The second kappa shape index (κ2) is 4.06. The first-order valence-electron chi connectivity index (χ1n) is 6.34. The van der Waals surface area contributed by atoms with Crippen LogP contribution in [0.1, 0.15) is 26.2 Å². The SMILES string of the molecule is CC1C=CC(N2CCCC2)=C2OC(=O)CC=C21. The van der Waals surface area contributed by atoms with Crippen molar-refractivity contribution in [2.24, 2.45) is 5.92 Å². The number of allylic oxidation sites excluding steroid dienone is 3. The molecule has 0 bridgehead atoms. The van der Waals surface area contributed by atoms with E-state index in [1.807, 2.05) is 6.08 Å². The van der Waals surface area contributed by atoms with E-state index in [2.05, 4.69) is 24.0 Å². The minimum Gasteiger partial charge on any atom is -0.424 e. The molecule has 1 atom stereocenters. The summed E-state index contributed by atoms with van der Waals surface area (Å²) in [5.74, 6) is 1.02. The number of ether oxygens (including phenoxy) is 1. The summed E-state index contributed by atoms with van der Waals surface area (Å²) >= 11 is 0. The molecule has 90 valence electrons. The van der Waals surface area contributed by atoms with Gasteiger partial charge in [0.15, 0.2) is 5.76 Å². The third-order valence-electron chi connectivity index (χ3n) is 3.68. The molecule has 0 N–H and O–H groups in total. The van der Waals surface area contributed by atoms with Crippen LogP contribution < -0.4 is 0 Å². The minimum atomic E-state index is -0.136. The maximum atomic E-state index is 11.4. The second-order valence-electron chi connectivity index (χ2n) is 4.89. The van der Waals surface area contributed by atoms with Gasteiger partial charge in [0.25, 0.3) is 0 Å². The molecule has 0 aromatic carbocycles. The largest absolute Gasteiger partial charge is 0.424 e. The van der Waals surface area contributed by atoms with Crippen molar-refractivity contribution in [3.8, 4) is 0 Å². The summed E-state index contributed by atoms with van der Waals surface area (Å²) in [5, 5.41) is 0. The van der Waals surface area contributed by atoms with Gasteiger partial charge in [-0.05, 0) is 18.9 Å². The first kappa shape index (κ1) is 10.6. The molecule has 3 rings (SSSR count). The molecule has 17 heavy (non-hydrogen) atoms. The normalized spacial score (nSPS) is 28.1. The van der Waals surface area contributed by atoms with E-state index in [1.165, 1.54) is 18.4 Å². The summed E-state index contributed by atoms with van der Waals surface area (Å²) in [4.78, 5) is 13.8. The average molecular weight is 231 g/mol. The fraction of sp³-hybridized carbons (Fsp3) is 0.500. The first-order chi connectivity index (χ1) is 8.25. The molecule has 0 amide bonds. The fourth-order valence-electron chi connectivity index (χ4n) is 2.72. The lowest BCUT2D eigenvalue weighted by atomic mass is 9.90. The van der Waals surface area contributed by atoms with Crippen molar-refractivity contribution >= 4 is 5.97 Å². The third-order valence-corrected chi connectivity index (χ3v) is 3.68. The Morgan fingerprint density at radius 3 is 2.88 bits per heavy atom. The van der Waals surface area contributed by atoms with E-state index in [0.29, 0.717) is 12.3 Å². The monoisotopic (exact) mass is 231 g/mol. The Morgan fingerprint density at radius 2 is 2.12 bits per heavy atom. The number of rotatable bonds is 1. The highest BCUT2D eigenvalue weighted by atomic mass is 16.5. The molecule has 1 fully saturated rings. The molecule has 2 aliphatic heterocycles. The van der Waals surface area contributed by atoms with Gasteiger partial charge in [-0.3, -0.25) is 4.79 Å². The Hall–Kier alpha value is -1.51. The second-order valence-corrected chi connectivity index (χ2v) is 4.89. The molecule has 1 unspecified atom stereocenters. The molecule has 3 aliphatic rings. The Morgan fingerprint density at radius 1 is 1.35 bits per heavy atom. The van der Waals surface area contributed by atoms with Crippen LogP contribution in [-0.2, 0) is 9.53 Å². The number of nitrogens with zero attached hydrogens (tertiary/aromatic N) is 1. The van der Waals surface area contributed by atoms with E-state index in [1.54, 1.807) is 0 Å². The van der Waals surface area contributed by atoms with Gasteiger partial charge >= 0.3 is 5.97 Å². The molecule has 0 spiro atoms. The molecule has 0 saturated carbocycles. The van der Waals surface area contributed by atoms with Crippen LogP contribution in [0.25, 0.3) is 0 Å². The molecule has 1 aliphatic carbocycles. The van der Waals surface area contributed by atoms with Crippen molar-refractivity contribution < 1.29 is 9.53 Å². The van der Waals surface area contributed by atoms with Gasteiger partial charge < -0.3 is 9.64 Å². The van der Waals surface area contributed by atoms with Gasteiger partial charge in [-0.1, -0.05) is 19.1 Å². The van der Waals surface area contributed by atoms with Crippen LogP contribution in [0, 0.1) is 5.92 Å². The third kappa shape index (κ3) is 1.79. The van der Waals surface area contributed by atoms with Gasteiger partial charge in [0.1, 0.15) is 0 Å². The molecule has 0 radical (unpaired) electrons. The smallest absolute Gasteiger partial charge is 0.315 e. The zero-order valence-corrected chi connectivity index (χ0v) is 10.1. The predicted octanol–water partition coefficient (Wildman–Crippen LogP) is 2.37. The van der Waals surface area contributed by atoms with Crippen molar-refractivity contribution in [1.29, 1.82) is 0 Å². The topological polar surface area (TPSA) is 29.5 Å². The Balaban J connectivity index is 2.02. The Bertz CT molecular complexity index is 439. The number of carbonyl (C=O) groups is 1. The van der Waals surface area contributed by atoms with E-state index >= 15 is 0 Å². The number of fused-ring (bicyclic) bond motifs is 1. The van der Waals surface area contributed by atoms with Gasteiger partial charge in [0.2, 0.25) is 0 Å². The lowest BCUT2D eigenvalue weighted by Gasteiger charge is -2.30. The van der Waals surface area contributed by atoms with Crippen LogP contribution in [-0.4, -0.2) is 24.0 Å². The molecule has 3 nitrogen and oxygen atoms in total. The predicted molar refractivity (Wildman–Crippen MR) is 64.9 cm³/mol. The van der Waals surface area contributed by atoms with E-state index < -0.39 is 0 Å². The van der Waals surface area contributed by atoms with Gasteiger partial charge in [0, 0.05) is 24.6 Å². The summed E-state index contributed by atoms with van der Waals surface area (Å²) < 4.78 is 5.47. The summed E-state index contributed by atoms with van der Waals surface area (Å²) in [6, 6.07) is 0. The lowest BCUT2D eigenvalue weighted by molar-refractivity contribution is -0.139. The van der Waals surface area contributed by atoms with Crippen LogP contribution >= 0.6 is 0 Å². The molecular weight excluding hydrogens is 214 g/mol. The van der Waals surface area contributed by atoms with Crippen LogP contribution in [0.15, 0.2) is 35.3 Å². The van der Waals surface area contributed by atoms with Crippen molar-refractivity contribution in [2.75, 3.05) is 13.1 Å².